The zero-order chi connectivity index (χ0) is 21.9. The van der Waals surface area contributed by atoms with E-state index in [4.69, 9.17) is 9.47 Å². The number of nitrogens with zero attached hydrogens (tertiary/aromatic N) is 1. The Balaban J connectivity index is 2.07. The van der Waals surface area contributed by atoms with Gasteiger partial charge in [0.15, 0.2) is 0 Å². The van der Waals surface area contributed by atoms with Gasteiger partial charge >= 0.3 is 12.1 Å². The summed E-state index contributed by atoms with van der Waals surface area (Å²) in [5, 5.41) is -0.0566. The van der Waals surface area contributed by atoms with Crippen molar-refractivity contribution < 1.29 is 27.4 Å². The molecule has 0 aliphatic rings. The predicted molar refractivity (Wildman–Crippen MR) is 111 cm³/mol. The maximum atomic E-state index is 13.8. The number of pyridine rings is 1. The van der Waals surface area contributed by atoms with E-state index < -0.39 is 17.7 Å². The Labute approximate surface area is 176 Å². The molecule has 30 heavy (non-hydrogen) atoms. The summed E-state index contributed by atoms with van der Waals surface area (Å²) in [6.07, 6.45) is -2.65. The summed E-state index contributed by atoms with van der Waals surface area (Å²) >= 11 is 0.917. The van der Waals surface area contributed by atoms with Crippen molar-refractivity contribution in [2.45, 2.75) is 39.8 Å². The van der Waals surface area contributed by atoms with Crippen LogP contribution in [0.25, 0.3) is 21.5 Å². The number of carbonyl (C=O) groups excluding carboxylic acids is 1. The summed E-state index contributed by atoms with van der Waals surface area (Å²) in [5.74, 6) is 0.0159. The van der Waals surface area contributed by atoms with Gasteiger partial charge in [-0.15, -0.1) is 11.3 Å². The number of hydrogen-bond acceptors (Lipinski definition) is 5. The van der Waals surface area contributed by atoms with E-state index in [-0.39, 0.29) is 33.0 Å². The highest BCUT2D eigenvalue weighted by atomic mass is 32.1. The number of fused-ring (bicyclic) bond motifs is 1. The highest BCUT2D eigenvalue weighted by Gasteiger charge is 2.36. The number of benzene rings is 1. The Morgan fingerprint density at radius 1 is 1.17 bits per heavy atom. The average Bonchev–Trinajstić information content (AvgIpc) is 3.04. The molecule has 0 amide bonds. The number of rotatable bonds is 7. The molecule has 3 aromatic rings. The normalized spacial score (nSPS) is 11.7. The third-order valence-corrected chi connectivity index (χ3v) is 5.75. The summed E-state index contributed by atoms with van der Waals surface area (Å²) in [5.41, 5.74) is 0.148. The molecule has 0 saturated heterocycles. The zero-order valence-corrected chi connectivity index (χ0v) is 17.7. The number of carbonyl (C=O) groups is 1. The lowest BCUT2D eigenvalue weighted by molar-refractivity contribution is -0.136. The molecule has 1 aromatic carbocycles. The van der Waals surface area contributed by atoms with Gasteiger partial charge in [-0.05, 0) is 56.2 Å². The lowest BCUT2D eigenvalue weighted by Crippen LogP contribution is -2.08. The maximum absolute atomic E-state index is 13.8. The number of hydrogen-bond donors (Lipinski definition) is 0. The second-order valence-corrected chi connectivity index (χ2v) is 7.74. The number of aryl methyl sites for hydroxylation is 1. The van der Waals surface area contributed by atoms with Crippen molar-refractivity contribution in [3.63, 3.8) is 0 Å². The molecular weight excluding hydrogens is 415 g/mol. The molecule has 2 aromatic heterocycles. The fourth-order valence-corrected chi connectivity index (χ4v) is 4.16. The van der Waals surface area contributed by atoms with Crippen LogP contribution >= 0.6 is 11.3 Å². The first-order valence-corrected chi connectivity index (χ1v) is 10.5. The molecule has 0 radical (unpaired) electrons. The van der Waals surface area contributed by atoms with E-state index in [1.807, 2.05) is 0 Å². The summed E-state index contributed by atoms with van der Waals surface area (Å²) in [6.45, 7) is 5.93. The summed E-state index contributed by atoms with van der Waals surface area (Å²) < 4.78 is 52.1. The molecule has 0 atom stereocenters. The summed E-state index contributed by atoms with van der Waals surface area (Å²) in [7, 11) is 0. The molecule has 0 saturated carbocycles. The number of aromatic nitrogens is 1. The van der Waals surface area contributed by atoms with Crippen molar-refractivity contribution in [2.75, 3.05) is 13.2 Å². The number of halogens is 3. The third-order valence-electron chi connectivity index (χ3n) is 4.58. The van der Waals surface area contributed by atoms with Gasteiger partial charge in [-0.2, -0.15) is 13.2 Å². The van der Waals surface area contributed by atoms with E-state index in [1.165, 1.54) is 6.92 Å². The minimum atomic E-state index is -4.59. The van der Waals surface area contributed by atoms with Gasteiger partial charge in [0.25, 0.3) is 0 Å². The second kappa shape index (κ2) is 9.04. The number of ether oxygens (including phenoxy) is 2. The van der Waals surface area contributed by atoms with Gasteiger partial charge in [-0.25, -0.2) is 9.78 Å². The Bertz CT molecular complexity index is 1040. The minimum Gasteiger partial charge on any atom is -0.494 e. The van der Waals surface area contributed by atoms with Crippen LogP contribution in [0.1, 0.15) is 47.5 Å². The molecule has 0 aliphatic heterocycles. The highest BCUT2D eigenvalue weighted by molar-refractivity contribution is 7.20. The van der Waals surface area contributed by atoms with E-state index >= 15 is 0 Å². The molecular formula is C22H22F3NO3S. The van der Waals surface area contributed by atoms with Crippen molar-refractivity contribution in [3.05, 3.63) is 46.3 Å². The lowest BCUT2D eigenvalue weighted by Gasteiger charge is -2.12. The largest absolute Gasteiger partial charge is 0.494 e. The molecule has 3 rings (SSSR count). The van der Waals surface area contributed by atoms with Crippen LogP contribution < -0.4 is 4.74 Å². The first-order chi connectivity index (χ1) is 14.3. The zero-order valence-electron chi connectivity index (χ0n) is 16.9. The first-order valence-electron chi connectivity index (χ1n) is 9.68. The van der Waals surface area contributed by atoms with Crippen molar-refractivity contribution >= 4 is 27.5 Å². The van der Waals surface area contributed by atoms with Gasteiger partial charge in [0, 0.05) is 10.9 Å². The number of alkyl halides is 3. The number of thiophene rings is 1. The Hall–Kier alpha value is -2.61. The molecule has 0 N–H and O–H groups in total. The van der Waals surface area contributed by atoms with E-state index in [1.54, 1.807) is 31.2 Å². The Morgan fingerprint density at radius 3 is 2.47 bits per heavy atom. The molecule has 0 fully saturated rings. The fourth-order valence-electron chi connectivity index (χ4n) is 3.06. The molecule has 0 aliphatic carbocycles. The number of esters is 1. The molecule has 2 heterocycles. The van der Waals surface area contributed by atoms with Crippen LogP contribution in [0.5, 0.6) is 5.75 Å². The monoisotopic (exact) mass is 437 g/mol. The SMILES string of the molecule is CCCCOc1ccc(-c2cc(C(F)(F)F)c3c(C)c(C(=O)OCC)sc3n2)cc1. The van der Waals surface area contributed by atoms with Gasteiger partial charge in [0.05, 0.1) is 24.5 Å². The summed E-state index contributed by atoms with van der Waals surface area (Å²) in [6, 6.07) is 7.83. The molecule has 160 valence electrons. The van der Waals surface area contributed by atoms with Crippen molar-refractivity contribution in [3.8, 4) is 17.0 Å². The van der Waals surface area contributed by atoms with Crippen LogP contribution in [0.15, 0.2) is 30.3 Å². The highest BCUT2D eigenvalue weighted by Crippen LogP contribution is 2.42. The predicted octanol–water partition coefficient (Wildman–Crippen LogP) is 6.65. The Morgan fingerprint density at radius 2 is 1.87 bits per heavy atom. The van der Waals surface area contributed by atoms with E-state index in [0.717, 1.165) is 30.2 Å². The first kappa shape index (κ1) is 22.1. The molecule has 4 nitrogen and oxygen atoms in total. The number of unbranched alkanes of at least 4 members (excludes halogenated alkanes) is 1. The quantitative estimate of drug-likeness (QED) is 0.307. The summed E-state index contributed by atoms with van der Waals surface area (Å²) in [4.78, 5) is 16.9. The third kappa shape index (κ3) is 4.59. The van der Waals surface area contributed by atoms with Crippen molar-refractivity contribution in [2.24, 2.45) is 0 Å². The van der Waals surface area contributed by atoms with Gasteiger partial charge in [-0.3, -0.25) is 0 Å². The molecule has 0 unspecified atom stereocenters. The van der Waals surface area contributed by atoms with Crippen LogP contribution in [0, 0.1) is 6.92 Å². The fraction of sp³-hybridized carbons (Fsp3) is 0.364. The molecule has 0 bridgehead atoms. The lowest BCUT2D eigenvalue weighted by atomic mass is 10.0. The van der Waals surface area contributed by atoms with Crippen molar-refractivity contribution in [1.82, 2.24) is 4.98 Å². The van der Waals surface area contributed by atoms with E-state index in [0.29, 0.717) is 17.9 Å². The topological polar surface area (TPSA) is 48.4 Å². The maximum Gasteiger partial charge on any atom is 0.417 e. The minimum absolute atomic E-state index is 0.0566. The van der Waals surface area contributed by atoms with Crippen LogP contribution in [-0.4, -0.2) is 24.2 Å². The standard InChI is InChI=1S/C22H22F3NO3S/c1-4-6-11-29-15-9-7-14(8-10-15)17-12-16(22(23,24)25)18-13(3)19(21(27)28-5-2)30-20(18)26-17/h7-10,12H,4-6,11H2,1-3H3. The second-order valence-electron chi connectivity index (χ2n) is 6.74. The smallest absolute Gasteiger partial charge is 0.417 e. The van der Waals surface area contributed by atoms with Crippen LogP contribution in [-0.2, 0) is 10.9 Å². The van der Waals surface area contributed by atoms with Gasteiger partial charge < -0.3 is 9.47 Å². The van der Waals surface area contributed by atoms with Gasteiger partial charge in [0.2, 0.25) is 0 Å². The van der Waals surface area contributed by atoms with Crippen LogP contribution in [0.4, 0.5) is 13.2 Å². The van der Waals surface area contributed by atoms with E-state index in [9.17, 15) is 18.0 Å². The molecule has 8 heteroatoms. The van der Waals surface area contributed by atoms with E-state index in [2.05, 4.69) is 11.9 Å². The van der Waals surface area contributed by atoms with Gasteiger partial charge in [0.1, 0.15) is 15.5 Å². The Kier molecular flexibility index (Phi) is 6.65. The van der Waals surface area contributed by atoms with Crippen LogP contribution in [0.2, 0.25) is 0 Å². The van der Waals surface area contributed by atoms with Crippen molar-refractivity contribution in [1.29, 1.82) is 0 Å². The van der Waals surface area contributed by atoms with Gasteiger partial charge in [-0.1, -0.05) is 13.3 Å². The average molecular weight is 437 g/mol. The molecule has 0 spiro atoms. The van der Waals surface area contributed by atoms with Crippen LogP contribution in [0.3, 0.4) is 0 Å².